The lowest BCUT2D eigenvalue weighted by Crippen LogP contribution is -1.89. The van der Waals surface area contributed by atoms with Crippen LogP contribution in [0.4, 0.5) is 0 Å². The molecule has 88 valence electrons. The van der Waals surface area contributed by atoms with Gasteiger partial charge in [-0.15, -0.1) is 0 Å². The molecule has 2 nitrogen and oxygen atoms in total. The molecule has 0 saturated carbocycles. The van der Waals surface area contributed by atoms with Crippen LogP contribution in [0.5, 0.6) is 0 Å². The molecule has 17 heavy (non-hydrogen) atoms. The summed E-state index contributed by atoms with van der Waals surface area (Å²) in [6, 6.07) is 8.77. The first-order valence-electron chi connectivity index (χ1n) is 6.04. The number of imidazole rings is 1. The SMILES string of the molecule is CC(C)c1ccc(-c2cn3c(n2)SCC3)cc1. The Bertz CT molecular complexity index is 504. The highest BCUT2D eigenvalue weighted by atomic mass is 32.2. The van der Waals surface area contributed by atoms with E-state index in [0.717, 1.165) is 23.1 Å². The third kappa shape index (κ3) is 2.00. The van der Waals surface area contributed by atoms with E-state index in [1.54, 1.807) is 0 Å². The van der Waals surface area contributed by atoms with E-state index in [0.29, 0.717) is 5.92 Å². The van der Waals surface area contributed by atoms with Gasteiger partial charge < -0.3 is 4.57 Å². The summed E-state index contributed by atoms with van der Waals surface area (Å²) in [5, 5.41) is 1.16. The van der Waals surface area contributed by atoms with Crippen molar-refractivity contribution >= 4 is 11.8 Å². The molecule has 0 radical (unpaired) electrons. The predicted molar refractivity (Wildman–Crippen MR) is 72.5 cm³/mol. The van der Waals surface area contributed by atoms with Crippen molar-refractivity contribution in [2.45, 2.75) is 31.5 Å². The van der Waals surface area contributed by atoms with Crippen molar-refractivity contribution in [3.8, 4) is 11.3 Å². The van der Waals surface area contributed by atoms with E-state index in [1.165, 1.54) is 11.1 Å². The van der Waals surface area contributed by atoms with Crippen LogP contribution >= 0.6 is 11.8 Å². The molecule has 1 aliphatic rings. The number of thioether (sulfide) groups is 1. The molecular weight excluding hydrogens is 228 g/mol. The highest BCUT2D eigenvalue weighted by Gasteiger charge is 2.15. The Balaban J connectivity index is 1.92. The lowest BCUT2D eigenvalue weighted by atomic mass is 10.0. The minimum absolute atomic E-state index is 0.589. The fourth-order valence-electron chi connectivity index (χ4n) is 2.09. The Hall–Kier alpha value is -1.22. The summed E-state index contributed by atoms with van der Waals surface area (Å²) < 4.78 is 2.25. The molecule has 0 atom stereocenters. The average molecular weight is 244 g/mol. The zero-order valence-corrected chi connectivity index (χ0v) is 11.0. The van der Waals surface area contributed by atoms with Crippen molar-refractivity contribution in [2.75, 3.05) is 5.75 Å². The molecule has 0 unspecified atom stereocenters. The van der Waals surface area contributed by atoms with E-state index in [4.69, 9.17) is 0 Å². The minimum Gasteiger partial charge on any atom is -0.325 e. The zero-order chi connectivity index (χ0) is 11.8. The van der Waals surface area contributed by atoms with Gasteiger partial charge in [0, 0.05) is 24.1 Å². The highest BCUT2D eigenvalue weighted by Crippen LogP contribution is 2.29. The van der Waals surface area contributed by atoms with Gasteiger partial charge in [-0.2, -0.15) is 0 Å². The van der Waals surface area contributed by atoms with Crippen LogP contribution in [0.1, 0.15) is 25.3 Å². The van der Waals surface area contributed by atoms with E-state index in [2.05, 4.69) is 53.9 Å². The third-order valence-electron chi connectivity index (χ3n) is 3.18. The average Bonchev–Trinajstić information content (AvgIpc) is 2.89. The van der Waals surface area contributed by atoms with E-state index < -0.39 is 0 Å². The Morgan fingerprint density at radius 3 is 2.65 bits per heavy atom. The van der Waals surface area contributed by atoms with Crippen LogP contribution in [-0.4, -0.2) is 15.3 Å². The van der Waals surface area contributed by atoms with Gasteiger partial charge in [-0.25, -0.2) is 4.98 Å². The molecule has 1 aromatic carbocycles. The number of rotatable bonds is 2. The van der Waals surface area contributed by atoms with Crippen molar-refractivity contribution in [3.05, 3.63) is 36.0 Å². The van der Waals surface area contributed by atoms with Crippen LogP contribution in [0.15, 0.2) is 35.6 Å². The molecule has 1 aromatic heterocycles. The fourth-order valence-corrected chi connectivity index (χ4v) is 3.03. The largest absolute Gasteiger partial charge is 0.325 e. The molecular formula is C14H16N2S. The summed E-state index contributed by atoms with van der Waals surface area (Å²) in [6.07, 6.45) is 2.17. The van der Waals surface area contributed by atoms with Crippen molar-refractivity contribution in [3.63, 3.8) is 0 Å². The fraction of sp³-hybridized carbons (Fsp3) is 0.357. The molecule has 0 fully saturated rings. The number of hydrogen-bond donors (Lipinski definition) is 0. The Morgan fingerprint density at radius 1 is 1.24 bits per heavy atom. The van der Waals surface area contributed by atoms with E-state index in [-0.39, 0.29) is 0 Å². The maximum Gasteiger partial charge on any atom is 0.168 e. The van der Waals surface area contributed by atoms with Crippen LogP contribution in [0.2, 0.25) is 0 Å². The summed E-state index contributed by atoms with van der Waals surface area (Å²) in [5.41, 5.74) is 3.70. The monoisotopic (exact) mass is 244 g/mol. The molecule has 0 bridgehead atoms. The first-order chi connectivity index (χ1) is 8.24. The van der Waals surface area contributed by atoms with Crippen molar-refractivity contribution in [2.24, 2.45) is 0 Å². The van der Waals surface area contributed by atoms with Gasteiger partial charge in [0.25, 0.3) is 0 Å². The normalized spacial score (nSPS) is 14.3. The van der Waals surface area contributed by atoms with E-state index in [9.17, 15) is 0 Å². The van der Waals surface area contributed by atoms with Gasteiger partial charge in [-0.3, -0.25) is 0 Å². The van der Waals surface area contributed by atoms with E-state index in [1.807, 2.05) is 11.8 Å². The quantitative estimate of drug-likeness (QED) is 0.800. The second-order valence-electron chi connectivity index (χ2n) is 4.73. The number of fused-ring (bicyclic) bond motifs is 1. The van der Waals surface area contributed by atoms with Crippen LogP contribution in [-0.2, 0) is 6.54 Å². The Morgan fingerprint density at radius 2 is 2.00 bits per heavy atom. The lowest BCUT2D eigenvalue weighted by molar-refractivity contribution is 0.719. The van der Waals surface area contributed by atoms with Gasteiger partial charge in [0.2, 0.25) is 0 Å². The number of aromatic nitrogens is 2. The second-order valence-corrected chi connectivity index (χ2v) is 5.79. The van der Waals surface area contributed by atoms with Crippen LogP contribution in [0.3, 0.4) is 0 Å². The highest BCUT2D eigenvalue weighted by molar-refractivity contribution is 7.99. The molecule has 3 heteroatoms. The maximum absolute atomic E-state index is 4.66. The third-order valence-corrected chi connectivity index (χ3v) is 4.15. The maximum atomic E-state index is 4.66. The van der Waals surface area contributed by atoms with E-state index >= 15 is 0 Å². The molecule has 0 N–H and O–H groups in total. The molecule has 0 amide bonds. The first kappa shape index (κ1) is 10.9. The molecule has 1 aliphatic heterocycles. The van der Waals surface area contributed by atoms with Crippen LogP contribution in [0.25, 0.3) is 11.3 Å². The van der Waals surface area contributed by atoms with Gasteiger partial charge in [-0.1, -0.05) is 49.9 Å². The van der Waals surface area contributed by atoms with Crippen molar-refractivity contribution in [1.29, 1.82) is 0 Å². The van der Waals surface area contributed by atoms with Gasteiger partial charge in [-0.05, 0) is 11.5 Å². The van der Waals surface area contributed by atoms with Crippen molar-refractivity contribution < 1.29 is 0 Å². The summed E-state index contributed by atoms with van der Waals surface area (Å²) >= 11 is 1.84. The minimum atomic E-state index is 0.589. The second kappa shape index (κ2) is 4.22. The smallest absolute Gasteiger partial charge is 0.168 e. The van der Waals surface area contributed by atoms with Gasteiger partial charge in [0.1, 0.15) is 0 Å². The van der Waals surface area contributed by atoms with Gasteiger partial charge >= 0.3 is 0 Å². The van der Waals surface area contributed by atoms with Crippen molar-refractivity contribution in [1.82, 2.24) is 9.55 Å². The summed E-state index contributed by atoms with van der Waals surface area (Å²) in [7, 11) is 0. The standard InChI is InChI=1S/C14H16N2S/c1-10(2)11-3-5-12(6-4-11)13-9-16-7-8-17-14(16)15-13/h3-6,9-10H,7-8H2,1-2H3. The van der Waals surface area contributed by atoms with Crippen LogP contribution < -0.4 is 0 Å². The number of benzene rings is 1. The number of aryl methyl sites for hydroxylation is 1. The summed E-state index contributed by atoms with van der Waals surface area (Å²) in [4.78, 5) is 4.66. The number of nitrogens with zero attached hydrogens (tertiary/aromatic N) is 2. The lowest BCUT2D eigenvalue weighted by Gasteiger charge is -2.05. The predicted octanol–water partition coefficient (Wildman–Crippen LogP) is 3.78. The van der Waals surface area contributed by atoms with Crippen LogP contribution in [0, 0.1) is 0 Å². The Kier molecular flexibility index (Phi) is 2.71. The molecule has 2 heterocycles. The summed E-state index contributed by atoms with van der Waals surface area (Å²) in [6.45, 7) is 5.53. The zero-order valence-electron chi connectivity index (χ0n) is 10.2. The Labute approximate surface area is 106 Å². The molecule has 3 rings (SSSR count). The molecule has 2 aromatic rings. The molecule has 0 saturated heterocycles. The first-order valence-corrected chi connectivity index (χ1v) is 7.03. The van der Waals surface area contributed by atoms with Gasteiger partial charge in [0.15, 0.2) is 5.16 Å². The number of hydrogen-bond acceptors (Lipinski definition) is 2. The van der Waals surface area contributed by atoms with Gasteiger partial charge in [0.05, 0.1) is 5.69 Å². The summed E-state index contributed by atoms with van der Waals surface area (Å²) in [5.74, 6) is 1.75. The molecule has 0 aliphatic carbocycles. The topological polar surface area (TPSA) is 17.8 Å². The molecule has 0 spiro atoms.